The van der Waals surface area contributed by atoms with Gasteiger partial charge in [-0.3, -0.25) is 0 Å². The largest absolute Gasteiger partial charge is 0.481 e. The van der Waals surface area contributed by atoms with Crippen molar-refractivity contribution in [2.45, 2.75) is 26.1 Å². The summed E-state index contributed by atoms with van der Waals surface area (Å²) in [6.07, 6.45) is -5.02. The van der Waals surface area contributed by atoms with Crippen LogP contribution >= 0.6 is 0 Å². The summed E-state index contributed by atoms with van der Waals surface area (Å²) < 4.78 is 48.1. The highest BCUT2D eigenvalue weighted by Crippen LogP contribution is 2.32. The smallest absolute Gasteiger partial charge is 0.416 e. The zero-order valence-electron chi connectivity index (χ0n) is 10.2. The Morgan fingerprint density at radius 2 is 2.00 bits per heavy atom. The van der Waals surface area contributed by atoms with Crippen LogP contribution in [0.3, 0.4) is 0 Å². The van der Waals surface area contributed by atoms with Gasteiger partial charge in [0.1, 0.15) is 5.75 Å². The van der Waals surface area contributed by atoms with Crippen LogP contribution in [-0.4, -0.2) is 10.2 Å². The molecule has 0 bridgehead atoms. The number of aromatic nitrogens is 2. The van der Waals surface area contributed by atoms with Gasteiger partial charge in [-0.15, -0.1) is 10.2 Å². The van der Waals surface area contributed by atoms with E-state index >= 15 is 0 Å². The minimum atomic E-state index is -4.40. The molecule has 0 spiro atoms. The van der Waals surface area contributed by atoms with E-state index in [0.717, 1.165) is 12.1 Å². The minimum absolute atomic E-state index is 0.0955. The van der Waals surface area contributed by atoms with E-state index in [4.69, 9.17) is 9.15 Å². The Hall–Kier alpha value is -2.05. The summed E-state index contributed by atoms with van der Waals surface area (Å²) in [5.74, 6) is 0.683. The number of rotatable bonds is 3. The van der Waals surface area contributed by atoms with Crippen LogP contribution < -0.4 is 4.74 Å². The second kappa shape index (κ2) is 4.91. The Labute approximate surface area is 107 Å². The number of nitrogens with zero attached hydrogens (tertiary/aromatic N) is 2. The molecule has 1 heterocycles. The molecule has 0 radical (unpaired) electrons. The summed E-state index contributed by atoms with van der Waals surface area (Å²) in [6, 6.07) is 4.63. The molecular weight excluding hydrogens is 261 g/mol. The average molecular weight is 272 g/mol. The van der Waals surface area contributed by atoms with Gasteiger partial charge in [0, 0.05) is 6.92 Å². The Kier molecular flexibility index (Phi) is 3.46. The lowest BCUT2D eigenvalue weighted by Crippen LogP contribution is -2.07. The van der Waals surface area contributed by atoms with Gasteiger partial charge >= 0.3 is 6.18 Å². The van der Waals surface area contributed by atoms with Crippen molar-refractivity contribution in [1.82, 2.24) is 10.2 Å². The van der Waals surface area contributed by atoms with Gasteiger partial charge in [-0.1, -0.05) is 6.07 Å². The van der Waals surface area contributed by atoms with E-state index < -0.39 is 17.8 Å². The quantitative estimate of drug-likeness (QED) is 0.857. The number of alkyl halides is 3. The van der Waals surface area contributed by atoms with Crippen molar-refractivity contribution >= 4 is 0 Å². The van der Waals surface area contributed by atoms with Crippen LogP contribution in [0.4, 0.5) is 13.2 Å². The molecule has 0 amide bonds. The van der Waals surface area contributed by atoms with E-state index in [-0.39, 0.29) is 11.6 Å². The molecule has 4 nitrogen and oxygen atoms in total. The van der Waals surface area contributed by atoms with Gasteiger partial charge in [0.15, 0.2) is 6.10 Å². The third-order valence-corrected chi connectivity index (χ3v) is 2.36. The zero-order chi connectivity index (χ0) is 14.0. The first-order valence-electron chi connectivity index (χ1n) is 5.50. The molecule has 0 aliphatic heterocycles. The molecule has 0 unspecified atom stereocenters. The number of halogens is 3. The fourth-order valence-corrected chi connectivity index (χ4v) is 1.48. The van der Waals surface area contributed by atoms with Gasteiger partial charge in [-0.05, 0) is 25.1 Å². The summed E-state index contributed by atoms with van der Waals surface area (Å²) in [5.41, 5.74) is -0.765. The van der Waals surface area contributed by atoms with E-state index in [2.05, 4.69) is 10.2 Å². The maximum atomic E-state index is 12.5. The van der Waals surface area contributed by atoms with Gasteiger partial charge in [-0.25, -0.2) is 0 Å². The van der Waals surface area contributed by atoms with Gasteiger partial charge in [0.25, 0.3) is 5.89 Å². The predicted molar refractivity (Wildman–Crippen MR) is 59.5 cm³/mol. The van der Waals surface area contributed by atoms with E-state index in [0.29, 0.717) is 5.89 Å². The Bertz CT molecular complexity index is 566. The highest BCUT2D eigenvalue weighted by Gasteiger charge is 2.30. The summed E-state index contributed by atoms with van der Waals surface area (Å²) >= 11 is 0. The Morgan fingerprint density at radius 3 is 2.58 bits per heavy atom. The number of benzene rings is 1. The third-order valence-electron chi connectivity index (χ3n) is 2.36. The molecule has 0 aliphatic carbocycles. The highest BCUT2D eigenvalue weighted by molar-refractivity contribution is 5.30. The molecule has 0 aliphatic rings. The van der Waals surface area contributed by atoms with Crippen LogP contribution in [0, 0.1) is 6.92 Å². The van der Waals surface area contributed by atoms with Gasteiger partial charge in [0.05, 0.1) is 5.56 Å². The van der Waals surface area contributed by atoms with Gasteiger partial charge < -0.3 is 9.15 Å². The first-order valence-corrected chi connectivity index (χ1v) is 5.50. The zero-order valence-corrected chi connectivity index (χ0v) is 10.2. The van der Waals surface area contributed by atoms with Crippen LogP contribution in [0.5, 0.6) is 5.75 Å². The number of aryl methyl sites for hydroxylation is 1. The van der Waals surface area contributed by atoms with E-state index in [1.165, 1.54) is 12.1 Å². The summed E-state index contributed by atoms with van der Waals surface area (Å²) in [7, 11) is 0. The molecule has 2 aromatic rings. The summed E-state index contributed by atoms with van der Waals surface area (Å²) in [4.78, 5) is 0. The molecule has 1 aromatic heterocycles. The Morgan fingerprint density at radius 1 is 1.26 bits per heavy atom. The van der Waals surface area contributed by atoms with E-state index in [1.54, 1.807) is 13.8 Å². The van der Waals surface area contributed by atoms with Gasteiger partial charge in [0.2, 0.25) is 5.89 Å². The second-order valence-electron chi connectivity index (χ2n) is 3.94. The molecule has 0 N–H and O–H groups in total. The normalized spacial score (nSPS) is 13.3. The number of ether oxygens (including phenoxy) is 1. The van der Waals surface area contributed by atoms with Crippen molar-refractivity contribution in [1.29, 1.82) is 0 Å². The molecule has 1 aromatic carbocycles. The molecule has 102 valence electrons. The molecule has 1 atom stereocenters. The van der Waals surface area contributed by atoms with Crippen LogP contribution in [0.25, 0.3) is 0 Å². The van der Waals surface area contributed by atoms with E-state index in [1.807, 2.05) is 0 Å². The monoisotopic (exact) mass is 272 g/mol. The van der Waals surface area contributed by atoms with E-state index in [9.17, 15) is 13.2 Å². The first kappa shape index (κ1) is 13.4. The minimum Gasteiger partial charge on any atom is -0.481 e. The lowest BCUT2D eigenvalue weighted by atomic mass is 10.2. The van der Waals surface area contributed by atoms with Crippen molar-refractivity contribution in [2.24, 2.45) is 0 Å². The molecule has 7 heteroatoms. The van der Waals surface area contributed by atoms with Crippen molar-refractivity contribution in [2.75, 3.05) is 0 Å². The topological polar surface area (TPSA) is 48.2 Å². The molecule has 0 saturated heterocycles. The van der Waals surface area contributed by atoms with Crippen LogP contribution in [0.2, 0.25) is 0 Å². The molecular formula is C12H11F3N2O2. The third kappa shape index (κ3) is 3.24. The van der Waals surface area contributed by atoms with Crippen LogP contribution in [0.15, 0.2) is 28.7 Å². The maximum Gasteiger partial charge on any atom is 0.416 e. The number of hydrogen-bond acceptors (Lipinski definition) is 4. The molecule has 0 fully saturated rings. The molecule has 2 rings (SSSR count). The van der Waals surface area contributed by atoms with Crippen LogP contribution in [0.1, 0.15) is 30.4 Å². The van der Waals surface area contributed by atoms with Crippen molar-refractivity contribution in [3.05, 3.63) is 41.6 Å². The molecule has 0 saturated carbocycles. The average Bonchev–Trinajstić information content (AvgIpc) is 2.75. The van der Waals surface area contributed by atoms with Crippen LogP contribution in [-0.2, 0) is 6.18 Å². The van der Waals surface area contributed by atoms with Gasteiger partial charge in [-0.2, -0.15) is 13.2 Å². The standard InChI is InChI=1S/C12H11F3N2O2/c1-7(11-17-16-8(2)19-11)18-10-5-3-4-9(6-10)12(13,14)15/h3-7H,1-2H3/t7-/m0/s1. The lowest BCUT2D eigenvalue weighted by Gasteiger charge is -2.13. The SMILES string of the molecule is Cc1nnc([C@H](C)Oc2cccc(C(F)(F)F)c2)o1. The highest BCUT2D eigenvalue weighted by atomic mass is 19.4. The maximum absolute atomic E-state index is 12.5. The predicted octanol–water partition coefficient (Wildman–Crippen LogP) is 3.54. The van der Waals surface area contributed by atoms with Crippen molar-refractivity contribution in [3.63, 3.8) is 0 Å². The second-order valence-corrected chi connectivity index (χ2v) is 3.94. The summed E-state index contributed by atoms with van der Waals surface area (Å²) in [5, 5.41) is 7.38. The first-order chi connectivity index (χ1) is 8.86. The van der Waals surface area contributed by atoms with Crippen molar-refractivity contribution in [3.8, 4) is 5.75 Å². The van der Waals surface area contributed by atoms with Crippen molar-refractivity contribution < 1.29 is 22.3 Å². The Balaban J connectivity index is 2.15. The summed E-state index contributed by atoms with van der Waals surface area (Å²) in [6.45, 7) is 3.24. The molecule has 19 heavy (non-hydrogen) atoms. The number of hydrogen-bond donors (Lipinski definition) is 0. The lowest BCUT2D eigenvalue weighted by molar-refractivity contribution is -0.137. The fourth-order valence-electron chi connectivity index (χ4n) is 1.48. The fraction of sp³-hybridized carbons (Fsp3) is 0.333.